The maximum atomic E-state index is 11.6. The lowest BCUT2D eigenvalue weighted by Crippen LogP contribution is -2.21. The van der Waals surface area contributed by atoms with Crippen LogP contribution in [0.5, 0.6) is 0 Å². The molecule has 0 aliphatic carbocycles. The topological polar surface area (TPSA) is 84.0 Å². The molecule has 1 unspecified atom stereocenters. The third kappa shape index (κ3) is 4.11. The summed E-state index contributed by atoms with van der Waals surface area (Å²) in [5, 5.41) is 6.31. The number of hydrogen-bond donors (Lipinski definition) is 2. The van der Waals surface area contributed by atoms with Crippen molar-refractivity contribution in [3.8, 4) is 11.3 Å². The summed E-state index contributed by atoms with van der Waals surface area (Å²) in [6, 6.07) is 11.5. The van der Waals surface area contributed by atoms with E-state index in [0.29, 0.717) is 24.7 Å². The second-order valence-electron chi connectivity index (χ2n) is 5.74. The predicted molar refractivity (Wildman–Crippen MR) is 96.8 cm³/mol. The molecule has 2 aromatic rings. The number of benzene rings is 1. The van der Waals surface area contributed by atoms with Gasteiger partial charge < -0.3 is 10.6 Å². The molecular formula is C17H20N4O2S. The molecule has 24 heavy (non-hydrogen) atoms. The lowest BCUT2D eigenvalue weighted by atomic mass is 10.1. The molecule has 1 fully saturated rings. The van der Waals surface area contributed by atoms with Crippen molar-refractivity contribution in [3.63, 3.8) is 0 Å². The van der Waals surface area contributed by atoms with Gasteiger partial charge >= 0.3 is 0 Å². The molecule has 1 aromatic carbocycles. The normalized spacial score (nSPS) is 18.9. The third-order valence-corrected chi connectivity index (χ3v) is 5.55. The Bertz CT molecular complexity index is 822. The van der Waals surface area contributed by atoms with E-state index in [1.165, 1.54) is 0 Å². The van der Waals surface area contributed by atoms with Gasteiger partial charge in [-0.15, -0.1) is 6.58 Å². The molecule has 0 spiro atoms. The van der Waals surface area contributed by atoms with Crippen molar-refractivity contribution in [1.82, 2.24) is 9.97 Å². The smallest absolute Gasteiger partial charge is 0.225 e. The molecular weight excluding hydrogens is 324 g/mol. The highest BCUT2D eigenvalue weighted by Gasteiger charge is 2.28. The molecule has 1 aliphatic rings. The average Bonchev–Trinajstić information content (AvgIpc) is 2.92. The molecule has 126 valence electrons. The fourth-order valence-corrected chi connectivity index (χ4v) is 4.31. The second-order valence-corrected chi connectivity index (χ2v) is 7.97. The predicted octanol–water partition coefficient (Wildman–Crippen LogP) is 2.34. The number of rotatable bonds is 6. The first-order valence-corrected chi connectivity index (χ1v) is 9.64. The highest BCUT2D eigenvalue weighted by molar-refractivity contribution is 7.91. The number of anilines is 2. The van der Waals surface area contributed by atoms with E-state index in [1.807, 2.05) is 36.4 Å². The molecule has 1 aromatic heterocycles. The highest BCUT2D eigenvalue weighted by Crippen LogP contribution is 2.23. The summed E-state index contributed by atoms with van der Waals surface area (Å²) in [6.07, 6.45) is 2.33. The van der Waals surface area contributed by atoms with Crippen molar-refractivity contribution in [3.05, 3.63) is 49.1 Å². The van der Waals surface area contributed by atoms with Gasteiger partial charge in [-0.05, 0) is 6.42 Å². The minimum absolute atomic E-state index is 0.110. The fourth-order valence-electron chi connectivity index (χ4n) is 2.64. The summed E-state index contributed by atoms with van der Waals surface area (Å²) in [7, 11) is -2.94. The Balaban J connectivity index is 1.88. The summed E-state index contributed by atoms with van der Waals surface area (Å²) < 4.78 is 23.3. The first-order valence-electron chi connectivity index (χ1n) is 7.82. The molecule has 2 N–H and O–H groups in total. The maximum Gasteiger partial charge on any atom is 0.225 e. The van der Waals surface area contributed by atoms with Crippen molar-refractivity contribution in [2.45, 2.75) is 12.5 Å². The van der Waals surface area contributed by atoms with E-state index in [4.69, 9.17) is 0 Å². The summed E-state index contributed by atoms with van der Waals surface area (Å²) in [5.74, 6) is 1.48. The van der Waals surface area contributed by atoms with Gasteiger partial charge in [0.15, 0.2) is 9.84 Å². The second kappa shape index (κ2) is 7.00. The molecule has 1 saturated heterocycles. The van der Waals surface area contributed by atoms with E-state index in [2.05, 4.69) is 27.2 Å². The summed E-state index contributed by atoms with van der Waals surface area (Å²) >= 11 is 0. The molecule has 0 radical (unpaired) electrons. The number of hydrogen-bond acceptors (Lipinski definition) is 6. The van der Waals surface area contributed by atoms with Crippen molar-refractivity contribution in [1.29, 1.82) is 0 Å². The Labute approximate surface area is 142 Å². The van der Waals surface area contributed by atoms with Crippen LogP contribution in [0, 0.1) is 0 Å². The zero-order valence-electron chi connectivity index (χ0n) is 13.3. The van der Waals surface area contributed by atoms with Crippen molar-refractivity contribution < 1.29 is 8.42 Å². The lowest BCUT2D eigenvalue weighted by Gasteiger charge is -2.14. The van der Waals surface area contributed by atoms with Crippen LogP contribution in [0.4, 0.5) is 11.8 Å². The van der Waals surface area contributed by atoms with E-state index in [9.17, 15) is 8.42 Å². The SMILES string of the molecule is C=CCNc1nc(NC2CCS(=O)(=O)C2)cc(-c2ccccc2)n1. The highest BCUT2D eigenvalue weighted by atomic mass is 32.2. The molecule has 0 amide bonds. The largest absolute Gasteiger partial charge is 0.366 e. The minimum atomic E-state index is -2.94. The lowest BCUT2D eigenvalue weighted by molar-refractivity contribution is 0.602. The van der Waals surface area contributed by atoms with Gasteiger partial charge in [0.05, 0.1) is 17.2 Å². The van der Waals surface area contributed by atoms with Gasteiger partial charge in [0.2, 0.25) is 5.95 Å². The van der Waals surface area contributed by atoms with Crippen LogP contribution >= 0.6 is 0 Å². The Kier molecular flexibility index (Phi) is 4.80. The van der Waals surface area contributed by atoms with E-state index in [-0.39, 0.29) is 17.5 Å². The number of nitrogens with one attached hydrogen (secondary N) is 2. The van der Waals surface area contributed by atoms with Crippen molar-refractivity contribution in [2.75, 3.05) is 28.7 Å². The fraction of sp³-hybridized carbons (Fsp3) is 0.294. The summed E-state index contributed by atoms with van der Waals surface area (Å²) in [4.78, 5) is 8.95. The van der Waals surface area contributed by atoms with Crippen LogP contribution in [-0.2, 0) is 9.84 Å². The Morgan fingerprint density at radius 1 is 1.25 bits per heavy atom. The average molecular weight is 344 g/mol. The van der Waals surface area contributed by atoms with Crippen LogP contribution in [0.15, 0.2) is 49.1 Å². The first-order chi connectivity index (χ1) is 11.6. The van der Waals surface area contributed by atoms with Gasteiger partial charge in [-0.3, -0.25) is 0 Å². The molecule has 6 nitrogen and oxygen atoms in total. The van der Waals surface area contributed by atoms with Crippen LogP contribution in [0.25, 0.3) is 11.3 Å². The van der Waals surface area contributed by atoms with Crippen LogP contribution in [0.2, 0.25) is 0 Å². The van der Waals surface area contributed by atoms with E-state index >= 15 is 0 Å². The minimum Gasteiger partial charge on any atom is -0.366 e. The zero-order valence-corrected chi connectivity index (χ0v) is 14.1. The first kappa shape index (κ1) is 16.4. The number of nitrogens with zero attached hydrogens (tertiary/aromatic N) is 2. The zero-order chi connectivity index (χ0) is 17.0. The van der Waals surface area contributed by atoms with E-state index in [1.54, 1.807) is 6.08 Å². The van der Waals surface area contributed by atoms with Gasteiger partial charge in [-0.2, -0.15) is 4.98 Å². The molecule has 3 rings (SSSR count). The number of aromatic nitrogens is 2. The van der Waals surface area contributed by atoms with Gasteiger partial charge in [-0.1, -0.05) is 36.4 Å². The maximum absolute atomic E-state index is 11.6. The Hall–Kier alpha value is -2.41. The van der Waals surface area contributed by atoms with E-state index in [0.717, 1.165) is 11.3 Å². The van der Waals surface area contributed by atoms with Crippen LogP contribution in [-0.4, -0.2) is 42.5 Å². The standard InChI is InChI=1S/C17H20N4O2S/c1-2-9-18-17-20-15(13-6-4-3-5-7-13)11-16(21-17)19-14-8-10-24(22,23)12-14/h2-7,11,14H,1,8-10,12H2,(H2,18,19,20,21). The molecule has 1 atom stereocenters. The monoisotopic (exact) mass is 344 g/mol. The van der Waals surface area contributed by atoms with Crippen LogP contribution in [0.1, 0.15) is 6.42 Å². The number of sulfone groups is 1. The van der Waals surface area contributed by atoms with Crippen molar-refractivity contribution in [2.24, 2.45) is 0 Å². The van der Waals surface area contributed by atoms with Gasteiger partial charge in [0, 0.05) is 24.2 Å². The Morgan fingerprint density at radius 2 is 2.04 bits per heavy atom. The molecule has 2 heterocycles. The van der Waals surface area contributed by atoms with Gasteiger partial charge in [-0.25, -0.2) is 13.4 Å². The van der Waals surface area contributed by atoms with Gasteiger partial charge in [0.1, 0.15) is 5.82 Å². The molecule has 0 bridgehead atoms. The molecule has 0 saturated carbocycles. The van der Waals surface area contributed by atoms with Crippen molar-refractivity contribution >= 4 is 21.6 Å². The van der Waals surface area contributed by atoms with Crippen LogP contribution < -0.4 is 10.6 Å². The molecule has 7 heteroatoms. The molecule has 1 aliphatic heterocycles. The van der Waals surface area contributed by atoms with Crippen LogP contribution in [0.3, 0.4) is 0 Å². The third-order valence-electron chi connectivity index (χ3n) is 3.78. The quantitative estimate of drug-likeness (QED) is 0.783. The summed E-state index contributed by atoms with van der Waals surface area (Å²) in [5.41, 5.74) is 1.75. The summed E-state index contributed by atoms with van der Waals surface area (Å²) in [6.45, 7) is 4.23. The van der Waals surface area contributed by atoms with Gasteiger partial charge in [0.25, 0.3) is 0 Å². The Morgan fingerprint density at radius 3 is 2.71 bits per heavy atom. The van der Waals surface area contributed by atoms with E-state index < -0.39 is 9.84 Å².